The predicted molar refractivity (Wildman–Crippen MR) is 85.6 cm³/mol. The number of anilines is 1. The SMILES string of the molecule is O=C1[C@H]2C[C@@H](Br)[C@@H](Br)C[C@H]2C(=O)N1c1cccc(C(F)(F)F)c1. The molecule has 8 heteroatoms. The Bertz CT molecular complexity index is 636. The first-order valence-corrected chi connectivity index (χ1v) is 8.86. The summed E-state index contributed by atoms with van der Waals surface area (Å²) in [6.07, 6.45) is -3.54. The number of carbonyl (C=O) groups excluding carboxylic acids is 2. The van der Waals surface area contributed by atoms with Crippen molar-refractivity contribution in [1.82, 2.24) is 0 Å². The van der Waals surface area contributed by atoms with Crippen LogP contribution in [0.15, 0.2) is 24.3 Å². The van der Waals surface area contributed by atoms with Gasteiger partial charge < -0.3 is 0 Å². The molecule has 0 spiro atoms. The predicted octanol–water partition coefficient (Wildman–Crippen LogP) is 4.13. The van der Waals surface area contributed by atoms with Crippen LogP contribution in [0.5, 0.6) is 0 Å². The molecule has 2 fully saturated rings. The Labute approximate surface area is 147 Å². The normalized spacial score (nSPS) is 31.4. The minimum atomic E-state index is -4.52. The Balaban J connectivity index is 1.95. The van der Waals surface area contributed by atoms with E-state index in [2.05, 4.69) is 31.9 Å². The second-order valence-electron chi connectivity index (χ2n) is 5.78. The average Bonchev–Trinajstić information content (AvgIpc) is 2.71. The molecule has 0 radical (unpaired) electrons. The van der Waals surface area contributed by atoms with Gasteiger partial charge in [0.25, 0.3) is 0 Å². The Morgan fingerprint density at radius 2 is 1.52 bits per heavy atom. The van der Waals surface area contributed by atoms with Crippen LogP contribution in [0.25, 0.3) is 0 Å². The van der Waals surface area contributed by atoms with Crippen LogP contribution in [0.2, 0.25) is 0 Å². The Kier molecular flexibility index (Phi) is 4.33. The van der Waals surface area contributed by atoms with Crippen LogP contribution in [-0.4, -0.2) is 21.5 Å². The smallest absolute Gasteiger partial charge is 0.274 e. The second-order valence-corrected chi connectivity index (χ2v) is 8.13. The monoisotopic (exact) mass is 453 g/mol. The fraction of sp³-hybridized carbons (Fsp3) is 0.467. The van der Waals surface area contributed by atoms with E-state index in [1.165, 1.54) is 12.1 Å². The highest BCUT2D eigenvalue weighted by molar-refractivity contribution is 9.12. The zero-order valence-corrected chi connectivity index (χ0v) is 14.9. The standard InChI is InChI=1S/C15H12Br2F3NO2/c16-11-5-9-10(6-12(11)17)14(23)21(13(9)22)8-3-1-2-7(4-8)15(18,19)20/h1-4,9-12H,5-6H2/t9-,10+,11+,12-. The summed E-state index contributed by atoms with van der Waals surface area (Å²) in [5.74, 6) is -1.78. The van der Waals surface area contributed by atoms with Crippen LogP contribution < -0.4 is 4.90 Å². The van der Waals surface area contributed by atoms with Gasteiger partial charge in [0, 0.05) is 9.65 Å². The first-order valence-electron chi connectivity index (χ1n) is 7.03. The number of hydrogen-bond donors (Lipinski definition) is 0. The minimum Gasteiger partial charge on any atom is -0.274 e. The van der Waals surface area contributed by atoms with Crippen LogP contribution in [-0.2, 0) is 15.8 Å². The molecule has 1 saturated carbocycles. The molecule has 3 rings (SSSR count). The van der Waals surface area contributed by atoms with E-state index in [4.69, 9.17) is 0 Å². The van der Waals surface area contributed by atoms with Crippen molar-refractivity contribution in [1.29, 1.82) is 0 Å². The molecular weight excluding hydrogens is 443 g/mol. The van der Waals surface area contributed by atoms with Crippen molar-refractivity contribution in [2.24, 2.45) is 11.8 Å². The van der Waals surface area contributed by atoms with E-state index >= 15 is 0 Å². The summed E-state index contributed by atoms with van der Waals surface area (Å²) in [4.78, 5) is 26.1. The lowest BCUT2D eigenvalue weighted by atomic mass is 9.81. The summed E-state index contributed by atoms with van der Waals surface area (Å²) in [5.41, 5.74) is -0.885. The zero-order chi connectivity index (χ0) is 16.9. The molecule has 23 heavy (non-hydrogen) atoms. The van der Waals surface area contributed by atoms with Gasteiger partial charge in [-0.15, -0.1) is 0 Å². The van der Waals surface area contributed by atoms with Crippen molar-refractivity contribution >= 4 is 49.4 Å². The first kappa shape index (κ1) is 17.0. The van der Waals surface area contributed by atoms with Gasteiger partial charge in [-0.3, -0.25) is 14.5 Å². The molecule has 0 aromatic heterocycles. The highest BCUT2D eigenvalue weighted by atomic mass is 79.9. The molecule has 1 heterocycles. The molecule has 4 atom stereocenters. The van der Waals surface area contributed by atoms with Crippen molar-refractivity contribution in [2.45, 2.75) is 28.7 Å². The van der Waals surface area contributed by atoms with Gasteiger partial charge in [-0.25, -0.2) is 0 Å². The number of carbonyl (C=O) groups is 2. The van der Waals surface area contributed by atoms with E-state index < -0.39 is 35.4 Å². The summed E-state index contributed by atoms with van der Waals surface area (Å²) < 4.78 is 38.5. The van der Waals surface area contributed by atoms with E-state index in [-0.39, 0.29) is 15.3 Å². The van der Waals surface area contributed by atoms with E-state index in [0.717, 1.165) is 17.0 Å². The Morgan fingerprint density at radius 3 is 2.00 bits per heavy atom. The number of alkyl halides is 5. The quantitative estimate of drug-likeness (QED) is 0.472. The van der Waals surface area contributed by atoms with Crippen LogP contribution >= 0.6 is 31.9 Å². The number of imide groups is 1. The molecular formula is C15H12Br2F3NO2. The highest BCUT2D eigenvalue weighted by Crippen LogP contribution is 2.44. The van der Waals surface area contributed by atoms with E-state index in [0.29, 0.717) is 12.8 Å². The Morgan fingerprint density at radius 1 is 1.00 bits per heavy atom. The third-order valence-electron chi connectivity index (χ3n) is 4.34. The van der Waals surface area contributed by atoms with Gasteiger partial charge in [0.1, 0.15) is 0 Å². The summed E-state index contributed by atoms with van der Waals surface area (Å²) in [6, 6.07) is 4.34. The molecule has 0 N–H and O–H groups in total. The van der Waals surface area contributed by atoms with Gasteiger partial charge in [-0.1, -0.05) is 37.9 Å². The number of halogens is 5. The van der Waals surface area contributed by atoms with Gasteiger partial charge in [0.05, 0.1) is 23.1 Å². The third-order valence-corrected chi connectivity index (χ3v) is 7.08. The van der Waals surface area contributed by atoms with Gasteiger partial charge in [-0.2, -0.15) is 13.2 Å². The van der Waals surface area contributed by atoms with Crippen LogP contribution in [0.1, 0.15) is 18.4 Å². The highest BCUT2D eigenvalue weighted by Gasteiger charge is 2.52. The number of nitrogens with zero attached hydrogens (tertiary/aromatic N) is 1. The van der Waals surface area contributed by atoms with Crippen molar-refractivity contribution < 1.29 is 22.8 Å². The van der Waals surface area contributed by atoms with Gasteiger partial charge in [-0.05, 0) is 31.0 Å². The molecule has 1 aliphatic heterocycles. The van der Waals surface area contributed by atoms with Crippen LogP contribution in [0.3, 0.4) is 0 Å². The van der Waals surface area contributed by atoms with E-state index in [9.17, 15) is 22.8 Å². The lowest BCUT2D eigenvalue weighted by molar-refractivity contribution is -0.137. The second kappa shape index (κ2) is 5.88. The minimum absolute atomic E-state index is 0.0125. The van der Waals surface area contributed by atoms with E-state index in [1.54, 1.807) is 0 Å². The molecule has 1 saturated heterocycles. The number of rotatable bonds is 1. The molecule has 1 aliphatic carbocycles. The average molecular weight is 455 g/mol. The van der Waals surface area contributed by atoms with Gasteiger partial charge >= 0.3 is 6.18 Å². The lowest BCUT2D eigenvalue weighted by Gasteiger charge is -2.29. The summed E-state index contributed by atoms with van der Waals surface area (Å²) >= 11 is 6.95. The van der Waals surface area contributed by atoms with Crippen molar-refractivity contribution in [3.63, 3.8) is 0 Å². The van der Waals surface area contributed by atoms with Gasteiger partial charge in [0.15, 0.2) is 0 Å². The maximum absolute atomic E-state index is 12.8. The fourth-order valence-corrected chi connectivity index (χ4v) is 4.41. The number of hydrogen-bond acceptors (Lipinski definition) is 2. The molecule has 3 nitrogen and oxygen atoms in total. The number of fused-ring (bicyclic) bond motifs is 1. The topological polar surface area (TPSA) is 37.4 Å². The molecule has 2 aliphatic rings. The van der Waals surface area contributed by atoms with Gasteiger partial charge in [0.2, 0.25) is 11.8 Å². The lowest BCUT2D eigenvalue weighted by Crippen LogP contribution is -2.34. The van der Waals surface area contributed by atoms with E-state index in [1.807, 2.05) is 0 Å². The summed E-state index contributed by atoms with van der Waals surface area (Å²) in [5, 5.41) is 0. The molecule has 0 bridgehead atoms. The van der Waals surface area contributed by atoms with Crippen molar-refractivity contribution in [3.05, 3.63) is 29.8 Å². The molecule has 1 aromatic carbocycles. The van der Waals surface area contributed by atoms with Crippen molar-refractivity contribution in [2.75, 3.05) is 4.90 Å². The summed E-state index contributed by atoms with van der Waals surface area (Å²) in [6.45, 7) is 0. The van der Waals surface area contributed by atoms with Crippen LogP contribution in [0, 0.1) is 11.8 Å². The molecule has 124 valence electrons. The maximum Gasteiger partial charge on any atom is 0.416 e. The zero-order valence-electron chi connectivity index (χ0n) is 11.7. The summed E-state index contributed by atoms with van der Waals surface area (Å²) in [7, 11) is 0. The maximum atomic E-state index is 12.8. The molecule has 2 amide bonds. The number of benzene rings is 1. The van der Waals surface area contributed by atoms with Crippen LogP contribution in [0.4, 0.5) is 18.9 Å². The fourth-order valence-electron chi connectivity index (χ4n) is 3.17. The Hall–Kier alpha value is -0.890. The first-order chi connectivity index (χ1) is 10.7. The number of amides is 2. The van der Waals surface area contributed by atoms with Crippen molar-refractivity contribution in [3.8, 4) is 0 Å². The molecule has 0 unspecified atom stereocenters. The third kappa shape index (κ3) is 2.95. The largest absolute Gasteiger partial charge is 0.416 e. The molecule has 1 aromatic rings.